The lowest BCUT2D eigenvalue weighted by Gasteiger charge is -2.06. The maximum Gasteiger partial charge on any atom is 0.517 e. The van der Waals surface area contributed by atoms with E-state index in [0.29, 0.717) is 0 Å². The molecule has 4 heteroatoms. The van der Waals surface area contributed by atoms with Crippen LogP contribution in [0.1, 0.15) is 13.8 Å². The van der Waals surface area contributed by atoms with Crippen molar-refractivity contribution in [2.45, 2.75) is 20.0 Å². The van der Waals surface area contributed by atoms with Crippen LogP contribution >= 0.6 is 0 Å². The summed E-state index contributed by atoms with van der Waals surface area (Å²) in [5.41, 5.74) is 0. The summed E-state index contributed by atoms with van der Waals surface area (Å²) in [5, 5.41) is 0. The normalized spacial score (nSPS) is 24.9. The molecule has 1 atom stereocenters. The maximum absolute atomic E-state index is 10.7. The van der Waals surface area contributed by atoms with E-state index in [1.807, 2.05) is 0 Å². The fourth-order valence-corrected chi connectivity index (χ4v) is 0.724. The first-order chi connectivity index (χ1) is 4.61. The molecule has 1 saturated heterocycles. The standard InChI is InChI=1S/C6H8O4/c1-3(2)4-5(7)10-6(8)9-4/h3-4H,1-2H3. The molecule has 0 spiro atoms. The summed E-state index contributed by atoms with van der Waals surface area (Å²) in [6.45, 7) is 3.56. The van der Waals surface area contributed by atoms with Crippen LogP contribution < -0.4 is 0 Å². The van der Waals surface area contributed by atoms with Crippen molar-refractivity contribution in [2.75, 3.05) is 0 Å². The van der Waals surface area contributed by atoms with Crippen molar-refractivity contribution < 1.29 is 19.1 Å². The van der Waals surface area contributed by atoms with Crippen molar-refractivity contribution in [1.82, 2.24) is 0 Å². The quantitative estimate of drug-likeness (QED) is 0.401. The van der Waals surface area contributed by atoms with Gasteiger partial charge in [-0.2, -0.15) is 0 Å². The van der Waals surface area contributed by atoms with E-state index in [1.54, 1.807) is 13.8 Å². The predicted octanol–water partition coefficient (Wildman–Crippen LogP) is 0.704. The summed E-state index contributed by atoms with van der Waals surface area (Å²) in [6, 6.07) is 0. The van der Waals surface area contributed by atoms with Gasteiger partial charge in [0.25, 0.3) is 0 Å². The zero-order chi connectivity index (χ0) is 7.72. The van der Waals surface area contributed by atoms with Crippen LogP contribution in [0, 0.1) is 5.92 Å². The topological polar surface area (TPSA) is 52.6 Å². The van der Waals surface area contributed by atoms with Gasteiger partial charge < -0.3 is 9.47 Å². The molecular weight excluding hydrogens is 136 g/mol. The van der Waals surface area contributed by atoms with Crippen LogP contribution in [0.5, 0.6) is 0 Å². The molecule has 1 aliphatic heterocycles. The maximum atomic E-state index is 10.7. The van der Waals surface area contributed by atoms with Crippen molar-refractivity contribution in [3.05, 3.63) is 0 Å². The monoisotopic (exact) mass is 144 g/mol. The van der Waals surface area contributed by atoms with E-state index < -0.39 is 18.2 Å². The van der Waals surface area contributed by atoms with E-state index >= 15 is 0 Å². The van der Waals surface area contributed by atoms with Crippen molar-refractivity contribution in [1.29, 1.82) is 0 Å². The Morgan fingerprint density at radius 1 is 1.40 bits per heavy atom. The number of carbonyl (C=O) groups excluding carboxylic acids is 2. The second-order valence-corrected chi connectivity index (χ2v) is 2.45. The van der Waals surface area contributed by atoms with Gasteiger partial charge in [0.1, 0.15) is 0 Å². The fraction of sp³-hybridized carbons (Fsp3) is 0.667. The molecule has 0 N–H and O–H groups in total. The Morgan fingerprint density at radius 2 is 2.00 bits per heavy atom. The first-order valence-electron chi connectivity index (χ1n) is 3.03. The number of cyclic esters (lactones) is 3. The van der Waals surface area contributed by atoms with Crippen LogP contribution in [0.2, 0.25) is 0 Å². The molecule has 10 heavy (non-hydrogen) atoms. The van der Waals surface area contributed by atoms with Crippen LogP contribution in [-0.4, -0.2) is 18.2 Å². The molecule has 0 amide bonds. The van der Waals surface area contributed by atoms with Gasteiger partial charge in [-0.05, 0) is 0 Å². The number of carbonyl (C=O) groups is 2. The molecule has 0 aromatic carbocycles. The van der Waals surface area contributed by atoms with Crippen molar-refractivity contribution >= 4 is 12.1 Å². The molecule has 0 bridgehead atoms. The minimum absolute atomic E-state index is 0.0149. The average Bonchev–Trinajstić information content (AvgIpc) is 2.10. The summed E-state index contributed by atoms with van der Waals surface area (Å²) >= 11 is 0. The van der Waals surface area contributed by atoms with Crippen LogP contribution in [0.25, 0.3) is 0 Å². The van der Waals surface area contributed by atoms with E-state index in [-0.39, 0.29) is 5.92 Å². The van der Waals surface area contributed by atoms with Gasteiger partial charge in [-0.15, -0.1) is 0 Å². The molecular formula is C6H8O4. The lowest BCUT2D eigenvalue weighted by molar-refractivity contribution is -0.137. The second kappa shape index (κ2) is 2.28. The largest absolute Gasteiger partial charge is 0.517 e. The third-order valence-corrected chi connectivity index (χ3v) is 1.24. The highest BCUT2D eigenvalue weighted by Gasteiger charge is 2.37. The highest BCUT2D eigenvalue weighted by Crippen LogP contribution is 2.15. The minimum atomic E-state index is -0.885. The number of hydrogen-bond donors (Lipinski definition) is 0. The SMILES string of the molecule is CC(C)C1OC(=O)OC1=O. The molecule has 4 nitrogen and oxygen atoms in total. The van der Waals surface area contributed by atoms with Crippen LogP contribution in [-0.2, 0) is 14.3 Å². The molecule has 1 unspecified atom stereocenters. The van der Waals surface area contributed by atoms with E-state index in [1.165, 1.54) is 0 Å². The van der Waals surface area contributed by atoms with Gasteiger partial charge in [0, 0.05) is 5.92 Å². The molecule has 0 radical (unpaired) electrons. The van der Waals surface area contributed by atoms with Gasteiger partial charge in [0.15, 0.2) is 0 Å². The summed E-state index contributed by atoms with van der Waals surface area (Å²) < 4.78 is 8.66. The van der Waals surface area contributed by atoms with Crippen molar-refractivity contribution in [3.63, 3.8) is 0 Å². The fourth-order valence-electron chi connectivity index (χ4n) is 0.724. The molecule has 0 aromatic heterocycles. The van der Waals surface area contributed by atoms with Gasteiger partial charge in [-0.3, -0.25) is 0 Å². The zero-order valence-electron chi connectivity index (χ0n) is 5.79. The smallest absolute Gasteiger partial charge is 0.418 e. The second-order valence-electron chi connectivity index (χ2n) is 2.45. The molecule has 0 aliphatic carbocycles. The molecule has 56 valence electrons. The van der Waals surface area contributed by atoms with Crippen molar-refractivity contribution in [2.24, 2.45) is 5.92 Å². The predicted molar refractivity (Wildman–Crippen MR) is 31.2 cm³/mol. The highest BCUT2D eigenvalue weighted by molar-refractivity contribution is 5.90. The number of ether oxygens (including phenoxy) is 2. The van der Waals surface area contributed by atoms with Crippen LogP contribution in [0.15, 0.2) is 0 Å². The first-order valence-corrected chi connectivity index (χ1v) is 3.03. The Kier molecular flexibility index (Phi) is 1.61. The average molecular weight is 144 g/mol. The lowest BCUT2D eigenvalue weighted by atomic mass is 10.1. The Bertz CT molecular complexity index is 173. The summed E-state index contributed by atoms with van der Waals surface area (Å²) in [7, 11) is 0. The van der Waals surface area contributed by atoms with Gasteiger partial charge >= 0.3 is 12.1 Å². The number of hydrogen-bond acceptors (Lipinski definition) is 4. The third-order valence-electron chi connectivity index (χ3n) is 1.24. The van der Waals surface area contributed by atoms with E-state index in [4.69, 9.17) is 0 Å². The van der Waals surface area contributed by atoms with Gasteiger partial charge in [-0.1, -0.05) is 13.8 Å². The summed E-state index contributed by atoms with van der Waals surface area (Å²) in [6.07, 6.45) is -1.59. The Balaban J connectivity index is 2.63. The van der Waals surface area contributed by atoms with E-state index in [0.717, 1.165) is 0 Å². The first kappa shape index (κ1) is 7.05. The molecule has 1 aliphatic rings. The minimum Gasteiger partial charge on any atom is -0.418 e. The Morgan fingerprint density at radius 3 is 2.20 bits per heavy atom. The van der Waals surface area contributed by atoms with Crippen LogP contribution in [0.4, 0.5) is 4.79 Å². The van der Waals surface area contributed by atoms with Crippen molar-refractivity contribution in [3.8, 4) is 0 Å². The number of esters is 1. The van der Waals surface area contributed by atoms with Gasteiger partial charge in [-0.25, -0.2) is 9.59 Å². The third kappa shape index (κ3) is 1.10. The van der Waals surface area contributed by atoms with E-state index in [9.17, 15) is 9.59 Å². The van der Waals surface area contributed by atoms with Gasteiger partial charge in [0.2, 0.25) is 6.10 Å². The van der Waals surface area contributed by atoms with E-state index in [2.05, 4.69) is 9.47 Å². The molecule has 1 fully saturated rings. The van der Waals surface area contributed by atoms with Crippen LogP contribution in [0.3, 0.4) is 0 Å². The Hall–Kier alpha value is -1.06. The zero-order valence-corrected chi connectivity index (χ0v) is 5.79. The molecule has 1 rings (SSSR count). The summed E-state index contributed by atoms with van der Waals surface area (Å²) in [4.78, 5) is 21.0. The van der Waals surface area contributed by atoms with Gasteiger partial charge in [0.05, 0.1) is 0 Å². The Labute approximate surface area is 58.1 Å². The summed E-state index contributed by atoms with van der Waals surface area (Å²) in [5.74, 6) is -0.598. The molecule has 0 aromatic rings. The molecule has 0 saturated carbocycles. The molecule has 1 heterocycles. The lowest BCUT2D eigenvalue weighted by Crippen LogP contribution is -2.22. The number of rotatable bonds is 1. The highest BCUT2D eigenvalue weighted by atomic mass is 16.8.